The predicted molar refractivity (Wildman–Crippen MR) is 66.9 cm³/mol. The highest BCUT2D eigenvalue weighted by Crippen LogP contribution is 2.18. The number of nitrogens with one attached hydrogen (secondary N) is 1. The minimum atomic E-state index is -1.04. The van der Waals surface area contributed by atoms with E-state index in [0.29, 0.717) is 17.7 Å². The summed E-state index contributed by atoms with van der Waals surface area (Å²) in [6.45, 7) is 3.57. The Bertz CT molecular complexity index is 456. The van der Waals surface area contributed by atoms with Gasteiger partial charge in [0.2, 0.25) is 0 Å². The Morgan fingerprint density at radius 3 is 2.61 bits per heavy atom. The lowest BCUT2D eigenvalue weighted by molar-refractivity contribution is -0.139. The number of amides is 1. The summed E-state index contributed by atoms with van der Waals surface area (Å²) in [5.74, 6) is -0.849. The zero-order valence-corrected chi connectivity index (χ0v) is 10.7. The molecule has 5 nitrogen and oxygen atoms in total. The summed E-state index contributed by atoms with van der Waals surface area (Å²) in [4.78, 5) is 22.7. The molecule has 1 atom stereocenters. The number of hydrogen-bond acceptors (Lipinski definition) is 3. The molecule has 0 spiro atoms. The number of carboxylic acids is 1. The monoisotopic (exact) mass is 251 g/mol. The second-order valence-corrected chi connectivity index (χ2v) is 3.96. The van der Waals surface area contributed by atoms with Gasteiger partial charge in [0, 0.05) is 5.56 Å². The van der Waals surface area contributed by atoms with Gasteiger partial charge < -0.3 is 15.2 Å². The molecule has 0 fully saturated rings. The van der Waals surface area contributed by atoms with Crippen LogP contribution in [-0.4, -0.2) is 30.1 Å². The number of carboxylic acid groups (broad SMARTS) is 1. The van der Waals surface area contributed by atoms with Crippen molar-refractivity contribution in [3.05, 3.63) is 29.3 Å². The lowest BCUT2D eigenvalue weighted by atomic mass is 10.1. The van der Waals surface area contributed by atoms with Gasteiger partial charge in [-0.25, -0.2) is 4.79 Å². The minimum absolute atomic E-state index is 0.337. The van der Waals surface area contributed by atoms with E-state index >= 15 is 0 Å². The molecule has 0 aliphatic rings. The second kappa shape index (κ2) is 6.05. The number of hydrogen-bond donors (Lipinski definition) is 2. The summed E-state index contributed by atoms with van der Waals surface area (Å²) >= 11 is 0. The van der Waals surface area contributed by atoms with Gasteiger partial charge in [0.15, 0.2) is 0 Å². The van der Waals surface area contributed by atoms with Gasteiger partial charge in [-0.05, 0) is 31.0 Å². The average molecular weight is 251 g/mol. The van der Waals surface area contributed by atoms with Crippen molar-refractivity contribution < 1.29 is 19.4 Å². The standard InChI is InChI=1S/C13H17NO4/c1-4-10(13(16)17)14-12(15)9-6-5-8(2)11(7-9)18-3/h5-7,10H,4H2,1-3H3,(H,14,15)(H,16,17)/t10-/m0/s1. The number of rotatable bonds is 5. The van der Waals surface area contributed by atoms with Gasteiger partial charge in [-0.2, -0.15) is 0 Å². The molecule has 0 aliphatic carbocycles. The topological polar surface area (TPSA) is 75.6 Å². The number of benzene rings is 1. The molecular weight excluding hydrogens is 234 g/mol. The van der Waals surface area contributed by atoms with Crippen LogP contribution in [0.1, 0.15) is 29.3 Å². The van der Waals surface area contributed by atoms with Crippen LogP contribution in [0, 0.1) is 6.92 Å². The molecule has 18 heavy (non-hydrogen) atoms. The van der Waals surface area contributed by atoms with Crippen LogP contribution in [0.4, 0.5) is 0 Å². The fourth-order valence-electron chi connectivity index (χ4n) is 1.54. The van der Waals surface area contributed by atoms with Crippen molar-refractivity contribution in [2.24, 2.45) is 0 Å². The number of aliphatic carboxylic acids is 1. The Morgan fingerprint density at radius 1 is 1.44 bits per heavy atom. The van der Waals surface area contributed by atoms with Gasteiger partial charge in [0.05, 0.1) is 7.11 Å². The quantitative estimate of drug-likeness (QED) is 0.833. The van der Waals surface area contributed by atoms with Crippen molar-refractivity contribution in [1.82, 2.24) is 5.32 Å². The van der Waals surface area contributed by atoms with E-state index in [0.717, 1.165) is 5.56 Å². The Balaban J connectivity index is 2.87. The first-order valence-electron chi connectivity index (χ1n) is 5.67. The first-order valence-corrected chi connectivity index (χ1v) is 5.67. The van der Waals surface area contributed by atoms with Gasteiger partial charge in [-0.1, -0.05) is 13.0 Å². The molecule has 0 aromatic heterocycles. The molecule has 2 N–H and O–H groups in total. The average Bonchev–Trinajstić information content (AvgIpc) is 2.35. The summed E-state index contributed by atoms with van der Waals surface area (Å²) < 4.78 is 5.12. The molecule has 0 unspecified atom stereocenters. The Morgan fingerprint density at radius 2 is 2.11 bits per heavy atom. The van der Waals surface area contributed by atoms with E-state index in [1.807, 2.05) is 6.92 Å². The smallest absolute Gasteiger partial charge is 0.326 e. The Hall–Kier alpha value is -2.04. The Labute approximate surface area is 106 Å². The molecule has 0 heterocycles. The third-order valence-electron chi connectivity index (χ3n) is 2.68. The van der Waals surface area contributed by atoms with Gasteiger partial charge in [0.25, 0.3) is 5.91 Å². The van der Waals surface area contributed by atoms with Crippen LogP contribution in [-0.2, 0) is 4.79 Å². The van der Waals surface area contributed by atoms with Gasteiger partial charge >= 0.3 is 5.97 Å². The number of carbonyl (C=O) groups excluding carboxylic acids is 1. The fraction of sp³-hybridized carbons (Fsp3) is 0.385. The number of methoxy groups -OCH3 is 1. The highest BCUT2D eigenvalue weighted by molar-refractivity contribution is 5.97. The van der Waals surface area contributed by atoms with Crippen molar-refractivity contribution in [3.63, 3.8) is 0 Å². The van der Waals surface area contributed by atoms with Gasteiger partial charge in [-0.3, -0.25) is 4.79 Å². The first kappa shape index (κ1) is 14.0. The minimum Gasteiger partial charge on any atom is -0.496 e. The molecule has 1 amide bonds. The van der Waals surface area contributed by atoms with Crippen LogP contribution >= 0.6 is 0 Å². The van der Waals surface area contributed by atoms with Crippen molar-refractivity contribution in [2.45, 2.75) is 26.3 Å². The summed E-state index contributed by atoms with van der Waals surface area (Å²) in [6.07, 6.45) is 0.337. The number of ether oxygens (including phenoxy) is 1. The zero-order valence-electron chi connectivity index (χ0n) is 10.7. The van der Waals surface area contributed by atoms with Crippen molar-refractivity contribution in [1.29, 1.82) is 0 Å². The van der Waals surface area contributed by atoms with E-state index in [1.54, 1.807) is 25.1 Å². The molecule has 1 aromatic rings. The summed E-state index contributed by atoms with van der Waals surface area (Å²) in [5.41, 5.74) is 1.30. The number of carbonyl (C=O) groups is 2. The SMILES string of the molecule is CC[C@H](NC(=O)c1ccc(C)c(OC)c1)C(=O)O. The molecule has 0 aliphatic heterocycles. The zero-order chi connectivity index (χ0) is 13.7. The van der Waals surface area contributed by atoms with E-state index in [9.17, 15) is 9.59 Å². The fourth-order valence-corrected chi connectivity index (χ4v) is 1.54. The second-order valence-electron chi connectivity index (χ2n) is 3.96. The summed E-state index contributed by atoms with van der Waals surface area (Å²) in [5, 5.41) is 11.3. The maximum absolute atomic E-state index is 11.9. The summed E-state index contributed by atoms with van der Waals surface area (Å²) in [6, 6.07) is 4.13. The van der Waals surface area contributed by atoms with E-state index in [2.05, 4.69) is 5.32 Å². The molecule has 0 bridgehead atoms. The molecule has 5 heteroatoms. The highest BCUT2D eigenvalue weighted by atomic mass is 16.5. The van der Waals surface area contributed by atoms with Gasteiger partial charge in [-0.15, -0.1) is 0 Å². The van der Waals surface area contributed by atoms with Crippen molar-refractivity contribution >= 4 is 11.9 Å². The predicted octanol–water partition coefficient (Wildman–Crippen LogP) is 1.60. The van der Waals surface area contributed by atoms with Crippen LogP contribution in [0.5, 0.6) is 5.75 Å². The first-order chi connectivity index (χ1) is 8.49. The van der Waals surface area contributed by atoms with E-state index in [1.165, 1.54) is 7.11 Å². The maximum Gasteiger partial charge on any atom is 0.326 e. The molecule has 0 saturated carbocycles. The van der Waals surface area contributed by atoms with Crippen molar-refractivity contribution in [3.8, 4) is 5.75 Å². The Kier molecular flexibility index (Phi) is 4.71. The van der Waals surface area contributed by atoms with Crippen LogP contribution in [0.2, 0.25) is 0 Å². The molecule has 98 valence electrons. The van der Waals surface area contributed by atoms with E-state index in [-0.39, 0.29) is 0 Å². The van der Waals surface area contributed by atoms with Crippen LogP contribution < -0.4 is 10.1 Å². The lowest BCUT2D eigenvalue weighted by Crippen LogP contribution is -2.40. The van der Waals surface area contributed by atoms with Crippen LogP contribution in [0.15, 0.2) is 18.2 Å². The largest absolute Gasteiger partial charge is 0.496 e. The van der Waals surface area contributed by atoms with E-state index < -0.39 is 17.9 Å². The molecule has 0 saturated heterocycles. The lowest BCUT2D eigenvalue weighted by Gasteiger charge is -2.13. The number of aryl methyl sites for hydroxylation is 1. The van der Waals surface area contributed by atoms with E-state index in [4.69, 9.17) is 9.84 Å². The third kappa shape index (κ3) is 3.23. The molecule has 1 rings (SSSR count). The molecule has 1 aromatic carbocycles. The molecular formula is C13H17NO4. The van der Waals surface area contributed by atoms with Crippen LogP contribution in [0.3, 0.4) is 0 Å². The maximum atomic E-state index is 11.9. The highest BCUT2D eigenvalue weighted by Gasteiger charge is 2.18. The summed E-state index contributed by atoms with van der Waals surface area (Å²) in [7, 11) is 1.52. The van der Waals surface area contributed by atoms with Crippen LogP contribution in [0.25, 0.3) is 0 Å². The normalized spacial score (nSPS) is 11.7. The third-order valence-corrected chi connectivity index (χ3v) is 2.68. The molecule has 0 radical (unpaired) electrons. The van der Waals surface area contributed by atoms with Gasteiger partial charge in [0.1, 0.15) is 11.8 Å². The van der Waals surface area contributed by atoms with Crippen molar-refractivity contribution in [2.75, 3.05) is 7.11 Å².